The van der Waals surface area contributed by atoms with Gasteiger partial charge < -0.3 is 0 Å². The van der Waals surface area contributed by atoms with Gasteiger partial charge in [0.05, 0.1) is 24.2 Å². The van der Waals surface area contributed by atoms with Gasteiger partial charge in [0.15, 0.2) is 0 Å². The van der Waals surface area contributed by atoms with Gasteiger partial charge in [-0.2, -0.15) is 10.6 Å². The van der Waals surface area contributed by atoms with Crippen LogP contribution in [0.5, 0.6) is 0 Å². The van der Waals surface area contributed by atoms with E-state index in [4.69, 9.17) is 9.94 Å². The second kappa shape index (κ2) is 6.68. The third-order valence-electron chi connectivity index (χ3n) is 7.48. The molecule has 5 saturated carbocycles. The van der Waals surface area contributed by atoms with Crippen LogP contribution in [-0.4, -0.2) is 15.3 Å². The summed E-state index contributed by atoms with van der Waals surface area (Å²) in [5.74, 6) is 3.43. The van der Waals surface area contributed by atoms with E-state index in [1.165, 1.54) is 62.6 Å². The molecule has 28 heavy (non-hydrogen) atoms. The summed E-state index contributed by atoms with van der Waals surface area (Å²) in [5.41, 5.74) is 7.53. The number of hydrogen-bond acceptors (Lipinski definition) is 3. The first-order chi connectivity index (χ1) is 13.7. The summed E-state index contributed by atoms with van der Waals surface area (Å²) >= 11 is 3.53. The SMILES string of the molecule is Brc1ccc(-n2ncc(CONC34CC5CC(CC(C5)C3)C4)c2C2CC2)cc1. The minimum absolute atomic E-state index is 0.246. The summed E-state index contributed by atoms with van der Waals surface area (Å²) in [6.07, 6.45) is 12.9. The first kappa shape index (κ1) is 17.7. The van der Waals surface area contributed by atoms with Crippen LogP contribution in [-0.2, 0) is 11.4 Å². The second-order valence-electron chi connectivity index (χ2n) is 9.81. The molecule has 0 amide bonds. The molecule has 4 bridgehead atoms. The lowest BCUT2D eigenvalue weighted by Crippen LogP contribution is -2.58. The molecule has 2 aromatic rings. The van der Waals surface area contributed by atoms with E-state index in [0.717, 1.165) is 27.9 Å². The average Bonchev–Trinajstić information content (AvgIpc) is 3.41. The van der Waals surface area contributed by atoms with Crippen molar-refractivity contribution in [2.45, 2.75) is 69.4 Å². The normalized spacial score (nSPS) is 33.5. The molecule has 7 rings (SSSR count). The second-order valence-corrected chi connectivity index (χ2v) is 10.7. The molecular formula is C23H28BrN3O. The Bertz CT molecular complexity index is 835. The zero-order valence-electron chi connectivity index (χ0n) is 16.2. The molecule has 1 aromatic carbocycles. The van der Waals surface area contributed by atoms with E-state index in [-0.39, 0.29) is 5.54 Å². The average molecular weight is 442 g/mol. The standard InChI is InChI=1S/C23H28BrN3O/c24-20-3-5-21(6-4-20)27-22(18-1-2-18)19(13-25-27)14-28-26-23-10-15-7-16(11-23)9-17(8-15)12-23/h3-6,13,15-18,26H,1-2,7-12,14H2. The van der Waals surface area contributed by atoms with E-state index in [1.807, 2.05) is 6.20 Å². The molecule has 148 valence electrons. The van der Waals surface area contributed by atoms with E-state index in [2.05, 4.69) is 50.4 Å². The van der Waals surface area contributed by atoms with E-state index >= 15 is 0 Å². The van der Waals surface area contributed by atoms with Crippen LogP contribution in [0.4, 0.5) is 0 Å². The Hall–Kier alpha value is -1.17. The summed E-state index contributed by atoms with van der Waals surface area (Å²) < 4.78 is 3.22. The highest BCUT2D eigenvalue weighted by molar-refractivity contribution is 9.10. The maximum atomic E-state index is 6.18. The molecule has 0 atom stereocenters. The van der Waals surface area contributed by atoms with Crippen LogP contribution in [0.3, 0.4) is 0 Å². The van der Waals surface area contributed by atoms with Crippen LogP contribution < -0.4 is 5.48 Å². The summed E-state index contributed by atoms with van der Waals surface area (Å²) in [5, 5.41) is 4.72. The molecular weight excluding hydrogens is 414 g/mol. The number of halogens is 1. The lowest BCUT2D eigenvalue weighted by molar-refractivity contribution is -0.115. The number of benzene rings is 1. The maximum Gasteiger partial charge on any atom is 0.0966 e. The smallest absolute Gasteiger partial charge is 0.0966 e. The first-order valence-electron chi connectivity index (χ1n) is 10.9. The van der Waals surface area contributed by atoms with Gasteiger partial charge in [0.1, 0.15) is 0 Å². The van der Waals surface area contributed by atoms with Crippen LogP contribution in [0.15, 0.2) is 34.9 Å². The van der Waals surface area contributed by atoms with E-state index in [1.54, 1.807) is 0 Å². The molecule has 5 aliphatic rings. The van der Waals surface area contributed by atoms with Crippen molar-refractivity contribution in [2.75, 3.05) is 0 Å². The molecule has 1 aromatic heterocycles. The Kier molecular flexibility index (Phi) is 4.21. The number of aromatic nitrogens is 2. The van der Waals surface area contributed by atoms with Gasteiger partial charge in [-0.3, -0.25) is 4.84 Å². The van der Waals surface area contributed by atoms with Crippen molar-refractivity contribution >= 4 is 15.9 Å². The number of nitrogens with zero attached hydrogens (tertiary/aromatic N) is 2. The molecule has 1 heterocycles. The summed E-state index contributed by atoms with van der Waals surface area (Å²) in [7, 11) is 0. The number of hydroxylamine groups is 1. The Labute approximate surface area is 175 Å². The predicted octanol–water partition coefficient (Wildman–Crippen LogP) is 5.50. The maximum absolute atomic E-state index is 6.18. The van der Waals surface area contributed by atoms with Crippen molar-refractivity contribution < 1.29 is 4.84 Å². The van der Waals surface area contributed by atoms with Crippen molar-refractivity contribution in [2.24, 2.45) is 17.8 Å². The molecule has 0 aliphatic heterocycles. The van der Waals surface area contributed by atoms with Crippen molar-refractivity contribution in [3.63, 3.8) is 0 Å². The van der Waals surface area contributed by atoms with E-state index in [9.17, 15) is 0 Å². The molecule has 0 radical (unpaired) electrons. The van der Waals surface area contributed by atoms with Crippen LogP contribution in [0.2, 0.25) is 0 Å². The summed E-state index contributed by atoms with van der Waals surface area (Å²) in [4.78, 5) is 6.18. The highest BCUT2D eigenvalue weighted by Gasteiger charge is 2.51. The largest absolute Gasteiger partial charge is 0.296 e. The van der Waals surface area contributed by atoms with Crippen LogP contribution >= 0.6 is 15.9 Å². The third kappa shape index (κ3) is 3.16. The Morgan fingerprint density at radius 3 is 2.29 bits per heavy atom. The minimum Gasteiger partial charge on any atom is -0.296 e. The van der Waals surface area contributed by atoms with Gasteiger partial charge >= 0.3 is 0 Å². The highest BCUT2D eigenvalue weighted by atomic mass is 79.9. The predicted molar refractivity (Wildman–Crippen MR) is 112 cm³/mol. The van der Waals surface area contributed by atoms with Crippen molar-refractivity contribution in [1.82, 2.24) is 15.3 Å². The minimum atomic E-state index is 0.246. The van der Waals surface area contributed by atoms with Gasteiger partial charge in [-0.25, -0.2) is 4.68 Å². The Morgan fingerprint density at radius 1 is 1.04 bits per heavy atom. The Morgan fingerprint density at radius 2 is 1.68 bits per heavy atom. The zero-order valence-corrected chi connectivity index (χ0v) is 17.8. The third-order valence-corrected chi connectivity index (χ3v) is 8.00. The van der Waals surface area contributed by atoms with Crippen molar-refractivity contribution in [1.29, 1.82) is 0 Å². The van der Waals surface area contributed by atoms with Gasteiger partial charge in [-0.1, -0.05) is 15.9 Å². The molecule has 5 aliphatic carbocycles. The summed E-state index contributed by atoms with van der Waals surface area (Å²) in [6, 6.07) is 8.42. The van der Waals surface area contributed by atoms with Gasteiger partial charge in [0.25, 0.3) is 0 Å². The molecule has 0 unspecified atom stereocenters. The topological polar surface area (TPSA) is 39.1 Å². The fourth-order valence-corrected chi connectivity index (χ4v) is 6.85. The van der Waals surface area contributed by atoms with Crippen molar-refractivity contribution in [3.05, 3.63) is 46.2 Å². The lowest BCUT2D eigenvalue weighted by atomic mass is 9.53. The quantitative estimate of drug-likeness (QED) is 0.601. The van der Waals surface area contributed by atoms with Gasteiger partial charge in [-0.05, 0) is 93.4 Å². The summed E-state index contributed by atoms with van der Waals surface area (Å²) in [6.45, 7) is 0.615. The molecule has 0 spiro atoms. The molecule has 0 saturated heterocycles. The van der Waals surface area contributed by atoms with Gasteiger partial charge in [0.2, 0.25) is 0 Å². The monoisotopic (exact) mass is 441 g/mol. The zero-order chi connectivity index (χ0) is 18.7. The number of hydrogen-bond donors (Lipinski definition) is 1. The lowest BCUT2D eigenvalue weighted by Gasteiger charge is -2.56. The molecule has 5 heteroatoms. The van der Waals surface area contributed by atoms with Gasteiger partial charge in [-0.15, -0.1) is 0 Å². The fourth-order valence-electron chi connectivity index (χ4n) is 6.59. The number of nitrogens with one attached hydrogen (secondary N) is 1. The highest BCUT2D eigenvalue weighted by Crippen LogP contribution is 2.55. The van der Waals surface area contributed by atoms with E-state index in [0.29, 0.717) is 12.5 Å². The Balaban J connectivity index is 1.18. The fraction of sp³-hybridized carbons (Fsp3) is 0.609. The van der Waals surface area contributed by atoms with Gasteiger partial charge in [0, 0.05) is 21.5 Å². The van der Waals surface area contributed by atoms with Crippen molar-refractivity contribution in [3.8, 4) is 5.69 Å². The first-order valence-corrected chi connectivity index (χ1v) is 11.7. The van der Waals surface area contributed by atoms with Crippen LogP contribution in [0.1, 0.15) is 68.5 Å². The molecule has 4 nitrogen and oxygen atoms in total. The van der Waals surface area contributed by atoms with E-state index < -0.39 is 0 Å². The van der Waals surface area contributed by atoms with Crippen LogP contribution in [0.25, 0.3) is 5.69 Å². The molecule has 5 fully saturated rings. The molecule has 1 N–H and O–H groups in total. The van der Waals surface area contributed by atoms with Crippen LogP contribution in [0, 0.1) is 17.8 Å². The number of rotatable bonds is 6.